The van der Waals surface area contributed by atoms with Gasteiger partial charge in [0.2, 0.25) is 0 Å². The highest BCUT2D eigenvalue weighted by molar-refractivity contribution is 7.90. The lowest BCUT2D eigenvalue weighted by Gasteiger charge is -2.13. The van der Waals surface area contributed by atoms with Crippen molar-refractivity contribution in [2.75, 3.05) is 11.9 Å². The summed E-state index contributed by atoms with van der Waals surface area (Å²) in [6.07, 6.45) is 0.528. The number of hydrogen-bond donors (Lipinski definition) is 1. The Hall–Kier alpha value is -2.67. The molecule has 0 fully saturated rings. The molecule has 2 aromatic rings. The predicted molar refractivity (Wildman–Crippen MR) is 94.1 cm³/mol. The van der Waals surface area contributed by atoms with E-state index in [1.54, 1.807) is 19.1 Å². The van der Waals surface area contributed by atoms with Crippen LogP contribution in [0.4, 0.5) is 5.69 Å². The molecule has 0 saturated heterocycles. The lowest BCUT2D eigenvalue weighted by molar-refractivity contribution is 0.0870. The number of amides is 2. The predicted octanol–water partition coefficient (Wildman–Crippen LogP) is 2.80. The number of carbonyl (C=O) groups is 2. The molecule has 2 amide bonds. The molecule has 1 N–H and O–H groups in total. The number of rotatable bonds is 4. The Kier molecular flexibility index (Phi) is 4.34. The van der Waals surface area contributed by atoms with Crippen LogP contribution in [-0.4, -0.2) is 31.1 Å². The molecule has 2 aromatic carbocycles. The lowest BCUT2D eigenvalue weighted by atomic mass is 10.1. The fourth-order valence-corrected chi connectivity index (χ4v) is 4.37. The van der Waals surface area contributed by atoms with E-state index in [1.165, 1.54) is 18.2 Å². The van der Waals surface area contributed by atoms with E-state index in [0.717, 1.165) is 9.87 Å². The topological polar surface area (TPSA) is 83.6 Å². The number of benzene rings is 2. The Bertz CT molecular complexity index is 950. The molecule has 1 heterocycles. The minimum atomic E-state index is -3.89. The Labute approximate surface area is 146 Å². The van der Waals surface area contributed by atoms with Crippen LogP contribution in [0.3, 0.4) is 0 Å². The zero-order valence-electron chi connectivity index (χ0n) is 13.9. The SMILES string of the molecule is CCCN1C(=O)c2ccc(C(=O)Nc3ccc(C)cc3)cc2S1(=O)=O. The summed E-state index contributed by atoms with van der Waals surface area (Å²) in [6, 6.07) is 11.4. The Balaban J connectivity index is 1.92. The summed E-state index contributed by atoms with van der Waals surface area (Å²) in [5.74, 6) is -0.967. The maximum atomic E-state index is 12.5. The third kappa shape index (κ3) is 3.02. The van der Waals surface area contributed by atoms with Gasteiger partial charge in [-0.15, -0.1) is 0 Å². The van der Waals surface area contributed by atoms with Gasteiger partial charge in [0, 0.05) is 17.8 Å². The van der Waals surface area contributed by atoms with Crippen molar-refractivity contribution >= 4 is 27.5 Å². The number of sulfonamides is 1. The fraction of sp³-hybridized carbons (Fsp3) is 0.222. The molecular weight excluding hydrogens is 340 g/mol. The van der Waals surface area contributed by atoms with Crippen molar-refractivity contribution in [2.45, 2.75) is 25.2 Å². The van der Waals surface area contributed by atoms with Gasteiger partial charge in [0.25, 0.3) is 21.8 Å². The van der Waals surface area contributed by atoms with Crippen LogP contribution < -0.4 is 5.32 Å². The number of nitrogens with one attached hydrogen (secondary N) is 1. The van der Waals surface area contributed by atoms with Crippen molar-refractivity contribution in [1.29, 1.82) is 0 Å². The first-order valence-electron chi connectivity index (χ1n) is 7.93. The second-order valence-electron chi connectivity index (χ2n) is 5.91. The number of fused-ring (bicyclic) bond motifs is 1. The van der Waals surface area contributed by atoms with E-state index in [9.17, 15) is 18.0 Å². The highest BCUT2D eigenvalue weighted by Gasteiger charge is 2.40. The lowest BCUT2D eigenvalue weighted by Crippen LogP contribution is -2.30. The average Bonchev–Trinajstić information content (AvgIpc) is 2.78. The summed E-state index contributed by atoms with van der Waals surface area (Å²) < 4.78 is 25.9. The quantitative estimate of drug-likeness (QED) is 0.911. The molecule has 130 valence electrons. The smallest absolute Gasteiger partial charge is 0.269 e. The van der Waals surface area contributed by atoms with Gasteiger partial charge in [0.05, 0.1) is 5.56 Å². The molecule has 0 unspecified atom stereocenters. The standard InChI is InChI=1S/C18H18N2O4S/c1-3-10-20-18(22)15-9-6-13(11-16(15)25(20,23)24)17(21)19-14-7-4-12(2)5-8-14/h4-9,11H,3,10H2,1-2H3,(H,19,21). The zero-order valence-corrected chi connectivity index (χ0v) is 14.8. The normalized spacial score (nSPS) is 15.1. The van der Waals surface area contributed by atoms with Crippen molar-refractivity contribution in [3.63, 3.8) is 0 Å². The van der Waals surface area contributed by atoms with Crippen LogP contribution in [-0.2, 0) is 10.0 Å². The van der Waals surface area contributed by atoms with Crippen molar-refractivity contribution in [2.24, 2.45) is 0 Å². The molecular formula is C18H18N2O4S. The fourth-order valence-electron chi connectivity index (χ4n) is 2.68. The molecule has 25 heavy (non-hydrogen) atoms. The molecule has 0 radical (unpaired) electrons. The first-order chi connectivity index (χ1) is 11.8. The van der Waals surface area contributed by atoms with Crippen LogP contribution >= 0.6 is 0 Å². The molecule has 3 rings (SSSR count). The molecule has 1 aliphatic rings. The molecule has 1 aliphatic heterocycles. The number of hydrogen-bond acceptors (Lipinski definition) is 4. The van der Waals surface area contributed by atoms with Crippen molar-refractivity contribution in [3.8, 4) is 0 Å². The maximum absolute atomic E-state index is 12.5. The molecule has 7 heteroatoms. The largest absolute Gasteiger partial charge is 0.322 e. The van der Waals surface area contributed by atoms with Gasteiger partial charge in [-0.2, -0.15) is 0 Å². The Morgan fingerprint density at radius 1 is 1.12 bits per heavy atom. The summed E-state index contributed by atoms with van der Waals surface area (Å²) in [5.41, 5.74) is 1.98. The van der Waals surface area contributed by atoms with E-state index in [2.05, 4.69) is 5.32 Å². The summed E-state index contributed by atoms with van der Waals surface area (Å²) in [7, 11) is -3.89. The second kappa shape index (κ2) is 6.33. The van der Waals surface area contributed by atoms with Gasteiger partial charge in [-0.25, -0.2) is 12.7 Å². The van der Waals surface area contributed by atoms with E-state index in [0.29, 0.717) is 12.1 Å². The third-order valence-corrected chi connectivity index (χ3v) is 5.83. The molecule has 0 aromatic heterocycles. The summed E-state index contributed by atoms with van der Waals surface area (Å²) in [5, 5.41) is 2.72. The molecule has 0 bridgehead atoms. The van der Waals surface area contributed by atoms with E-state index >= 15 is 0 Å². The summed E-state index contributed by atoms with van der Waals surface area (Å²) in [4.78, 5) is 24.5. The van der Waals surface area contributed by atoms with E-state index < -0.39 is 21.8 Å². The third-order valence-electron chi connectivity index (χ3n) is 4.00. The van der Waals surface area contributed by atoms with Crippen molar-refractivity contribution in [3.05, 3.63) is 59.2 Å². The van der Waals surface area contributed by atoms with Crippen LogP contribution in [0.1, 0.15) is 39.6 Å². The number of nitrogens with zero attached hydrogens (tertiary/aromatic N) is 1. The van der Waals surface area contributed by atoms with Crippen LogP contribution in [0.5, 0.6) is 0 Å². The highest BCUT2D eigenvalue weighted by atomic mass is 32.2. The first kappa shape index (κ1) is 17.2. The minimum absolute atomic E-state index is 0.109. The van der Waals surface area contributed by atoms with Crippen LogP contribution in [0, 0.1) is 6.92 Å². The number of anilines is 1. The highest BCUT2D eigenvalue weighted by Crippen LogP contribution is 2.31. The minimum Gasteiger partial charge on any atom is -0.322 e. The van der Waals surface area contributed by atoms with E-state index in [-0.39, 0.29) is 22.6 Å². The van der Waals surface area contributed by atoms with Crippen molar-refractivity contribution < 1.29 is 18.0 Å². The van der Waals surface area contributed by atoms with E-state index in [4.69, 9.17) is 0 Å². The maximum Gasteiger partial charge on any atom is 0.269 e. The molecule has 0 spiro atoms. The van der Waals surface area contributed by atoms with Gasteiger partial charge in [0.15, 0.2) is 0 Å². The zero-order chi connectivity index (χ0) is 18.2. The summed E-state index contributed by atoms with van der Waals surface area (Å²) >= 11 is 0. The van der Waals surface area contributed by atoms with Crippen LogP contribution in [0.2, 0.25) is 0 Å². The molecule has 6 nitrogen and oxygen atoms in total. The van der Waals surface area contributed by atoms with Gasteiger partial charge in [-0.1, -0.05) is 24.6 Å². The van der Waals surface area contributed by atoms with Crippen LogP contribution in [0.25, 0.3) is 0 Å². The Morgan fingerprint density at radius 2 is 1.80 bits per heavy atom. The number of aryl methyl sites for hydroxylation is 1. The molecule has 0 atom stereocenters. The monoisotopic (exact) mass is 358 g/mol. The second-order valence-corrected chi connectivity index (χ2v) is 7.74. The van der Waals surface area contributed by atoms with Gasteiger partial charge >= 0.3 is 0 Å². The average molecular weight is 358 g/mol. The Morgan fingerprint density at radius 3 is 2.44 bits per heavy atom. The number of carbonyl (C=O) groups excluding carboxylic acids is 2. The summed E-state index contributed by atoms with van der Waals surface area (Å²) in [6.45, 7) is 3.86. The van der Waals surface area contributed by atoms with Gasteiger partial charge in [-0.3, -0.25) is 9.59 Å². The molecule has 0 saturated carbocycles. The van der Waals surface area contributed by atoms with Gasteiger partial charge in [-0.05, 0) is 43.7 Å². The first-order valence-corrected chi connectivity index (χ1v) is 9.37. The van der Waals surface area contributed by atoms with E-state index in [1.807, 2.05) is 19.1 Å². The van der Waals surface area contributed by atoms with Gasteiger partial charge in [0.1, 0.15) is 4.90 Å². The molecule has 0 aliphatic carbocycles. The van der Waals surface area contributed by atoms with Crippen LogP contribution in [0.15, 0.2) is 47.4 Å². The van der Waals surface area contributed by atoms with Crippen molar-refractivity contribution in [1.82, 2.24) is 4.31 Å². The van der Waals surface area contributed by atoms with Gasteiger partial charge < -0.3 is 5.32 Å².